The standard InChI is InChI=1S/C14H18ClNO2S/c1-4-19(17,18)9-11-8-16(10(2)3)14-6-5-12(15)7-13(11)14/h5-8,10H,4,9H2,1-3H3. The fourth-order valence-corrected chi connectivity index (χ4v) is 3.26. The molecule has 0 radical (unpaired) electrons. The fraction of sp³-hybridized carbons (Fsp3) is 0.429. The number of rotatable bonds is 4. The average molecular weight is 300 g/mol. The number of benzene rings is 1. The van der Waals surface area contributed by atoms with Crippen LogP contribution in [0.25, 0.3) is 10.9 Å². The molecule has 2 aromatic rings. The van der Waals surface area contributed by atoms with Gasteiger partial charge < -0.3 is 4.57 Å². The van der Waals surface area contributed by atoms with Crippen molar-refractivity contribution in [1.29, 1.82) is 0 Å². The maximum atomic E-state index is 11.8. The molecule has 0 atom stereocenters. The van der Waals surface area contributed by atoms with E-state index < -0.39 is 9.84 Å². The van der Waals surface area contributed by atoms with E-state index in [0.29, 0.717) is 5.02 Å². The molecule has 0 aliphatic heterocycles. The lowest BCUT2D eigenvalue weighted by Crippen LogP contribution is -2.06. The zero-order valence-electron chi connectivity index (χ0n) is 11.4. The van der Waals surface area contributed by atoms with Gasteiger partial charge in [-0.1, -0.05) is 18.5 Å². The Morgan fingerprint density at radius 3 is 2.58 bits per heavy atom. The monoisotopic (exact) mass is 299 g/mol. The number of hydrogen-bond donors (Lipinski definition) is 0. The third kappa shape index (κ3) is 2.95. The van der Waals surface area contributed by atoms with E-state index >= 15 is 0 Å². The van der Waals surface area contributed by atoms with Crippen LogP contribution in [-0.4, -0.2) is 18.7 Å². The minimum Gasteiger partial charge on any atom is -0.345 e. The number of aromatic nitrogens is 1. The Bertz CT molecular complexity index is 702. The molecule has 1 aromatic carbocycles. The Hall–Kier alpha value is -1.00. The van der Waals surface area contributed by atoms with E-state index in [1.165, 1.54) is 0 Å². The number of sulfone groups is 1. The normalized spacial score (nSPS) is 12.5. The fourth-order valence-electron chi connectivity index (χ4n) is 2.18. The van der Waals surface area contributed by atoms with Gasteiger partial charge in [0.1, 0.15) is 0 Å². The maximum Gasteiger partial charge on any atom is 0.154 e. The van der Waals surface area contributed by atoms with E-state index in [1.807, 2.05) is 24.4 Å². The first-order valence-corrected chi connectivity index (χ1v) is 8.53. The highest BCUT2D eigenvalue weighted by atomic mass is 35.5. The molecule has 0 fully saturated rings. The summed E-state index contributed by atoms with van der Waals surface area (Å²) in [5.74, 6) is 0.224. The molecular weight excluding hydrogens is 282 g/mol. The van der Waals surface area contributed by atoms with Crippen LogP contribution in [0.15, 0.2) is 24.4 Å². The summed E-state index contributed by atoms with van der Waals surface area (Å²) in [5.41, 5.74) is 1.86. The van der Waals surface area contributed by atoms with E-state index in [1.54, 1.807) is 6.92 Å². The van der Waals surface area contributed by atoms with Crippen LogP contribution in [0.1, 0.15) is 32.4 Å². The summed E-state index contributed by atoms with van der Waals surface area (Å²) in [6.45, 7) is 5.82. The van der Waals surface area contributed by atoms with E-state index in [9.17, 15) is 8.42 Å². The predicted molar refractivity (Wildman–Crippen MR) is 80.5 cm³/mol. The van der Waals surface area contributed by atoms with E-state index in [0.717, 1.165) is 16.5 Å². The van der Waals surface area contributed by atoms with Crippen LogP contribution >= 0.6 is 11.6 Å². The molecule has 104 valence electrons. The molecule has 3 nitrogen and oxygen atoms in total. The zero-order chi connectivity index (χ0) is 14.2. The van der Waals surface area contributed by atoms with Crippen molar-refractivity contribution in [2.24, 2.45) is 0 Å². The Morgan fingerprint density at radius 1 is 1.32 bits per heavy atom. The van der Waals surface area contributed by atoms with Gasteiger partial charge in [-0.15, -0.1) is 0 Å². The maximum absolute atomic E-state index is 11.8. The van der Waals surface area contributed by atoms with Crippen molar-refractivity contribution in [3.05, 3.63) is 35.0 Å². The summed E-state index contributed by atoms with van der Waals surface area (Å²) in [7, 11) is -3.05. The Morgan fingerprint density at radius 2 is 2.00 bits per heavy atom. The number of hydrogen-bond acceptors (Lipinski definition) is 2. The largest absolute Gasteiger partial charge is 0.345 e. The van der Waals surface area contributed by atoms with Crippen LogP contribution in [0, 0.1) is 0 Å². The lowest BCUT2D eigenvalue weighted by molar-refractivity contribution is 0.595. The first kappa shape index (κ1) is 14.4. The van der Waals surface area contributed by atoms with Crippen molar-refractivity contribution in [2.75, 3.05) is 5.75 Å². The minimum absolute atomic E-state index is 0.0695. The van der Waals surface area contributed by atoms with Crippen LogP contribution in [0.5, 0.6) is 0 Å². The van der Waals surface area contributed by atoms with Crippen molar-refractivity contribution in [2.45, 2.75) is 32.6 Å². The van der Waals surface area contributed by atoms with Crippen LogP contribution in [0.4, 0.5) is 0 Å². The molecule has 0 saturated heterocycles. The van der Waals surface area contributed by atoms with Crippen molar-refractivity contribution in [3.63, 3.8) is 0 Å². The van der Waals surface area contributed by atoms with Gasteiger partial charge in [-0.2, -0.15) is 0 Å². The highest BCUT2D eigenvalue weighted by molar-refractivity contribution is 7.90. The summed E-state index contributed by atoms with van der Waals surface area (Å²) in [6.07, 6.45) is 1.93. The van der Waals surface area contributed by atoms with Gasteiger partial charge in [-0.05, 0) is 37.6 Å². The number of nitrogens with zero attached hydrogens (tertiary/aromatic N) is 1. The number of halogens is 1. The second kappa shape index (κ2) is 5.17. The average Bonchev–Trinajstić information content (AvgIpc) is 2.67. The molecule has 5 heteroatoms. The molecule has 0 spiro atoms. The van der Waals surface area contributed by atoms with Crippen molar-refractivity contribution >= 4 is 32.3 Å². The molecular formula is C14H18ClNO2S. The van der Waals surface area contributed by atoms with Crippen LogP contribution < -0.4 is 0 Å². The van der Waals surface area contributed by atoms with Gasteiger partial charge in [0.15, 0.2) is 9.84 Å². The van der Waals surface area contributed by atoms with Crippen LogP contribution in [0.2, 0.25) is 5.02 Å². The minimum atomic E-state index is -3.05. The summed E-state index contributed by atoms with van der Waals surface area (Å²) in [6, 6.07) is 5.90. The number of fused-ring (bicyclic) bond motifs is 1. The summed E-state index contributed by atoms with van der Waals surface area (Å²) >= 11 is 6.03. The van der Waals surface area contributed by atoms with E-state index in [-0.39, 0.29) is 17.5 Å². The second-order valence-corrected chi connectivity index (χ2v) is 7.78. The highest BCUT2D eigenvalue weighted by Gasteiger charge is 2.16. The quantitative estimate of drug-likeness (QED) is 0.861. The van der Waals surface area contributed by atoms with Gasteiger partial charge in [0.05, 0.1) is 5.75 Å². The SMILES string of the molecule is CCS(=O)(=O)Cc1cn(C(C)C)c2ccc(Cl)cc12. The van der Waals surface area contributed by atoms with Gasteiger partial charge in [-0.25, -0.2) is 8.42 Å². The lowest BCUT2D eigenvalue weighted by Gasteiger charge is -2.08. The molecule has 0 unspecified atom stereocenters. The molecule has 0 N–H and O–H groups in total. The van der Waals surface area contributed by atoms with Crippen molar-refractivity contribution in [1.82, 2.24) is 4.57 Å². The van der Waals surface area contributed by atoms with Crippen LogP contribution in [-0.2, 0) is 15.6 Å². The smallest absolute Gasteiger partial charge is 0.154 e. The molecule has 0 bridgehead atoms. The molecule has 2 rings (SSSR count). The Balaban J connectivity index is 2.64. The predicted octanol–water partition coefficient (Wildman–Crippen LogP) is 3.81. The lowest BCUT2D eigenvalue weighted by atomic mass is 10.2. The first-order chi connectivity index (χ1) is 8.84. The highest BCUT2D eigenvalue weighted by Crippen LogP contribution is 2.28. The molecule has 0 aliphatic rings. The van der Waals surface area contributed by atoms with Gasteiger partial charge in [-0.3, -0.25) is 0 Å². The summed E-state index contributed by atoms with van der Waals surface area (Å²) < 4.78 is 25.8. The van der Waals surface area contributed by atoms with Crippen molar-refractivity contribution in [3.8, 4) is 0 Å². The molecule has 19 heavy (non-hydrogen) atoms. The van der Waals surface area contributed by atoms with E-state index in [4.69, 9.17) is 11.6 Å². The molecule has 0 amide bonds. The first-order valence-electron chi connectivity index (χ1n) is 6.33. The van der Waals surface area contributed by atoms with Crippen LogP contribution in [0.3, 0.4) is 0 Å². The molecule has 0 saturated carbocycles. The molecule has 1 heterocycles. The van der Waals surface area contributed by atoms with E-state index in [2.05, 4.69) is 18.4 Å². The third-order valence-corrected chi connectivity index (χ3v) is 5.11. The van der Waals surface area contributed by atoms with Gasteiger partial charge in [0.2, 0.25) is 0 Å². The van der Waals surface area contributed by atoms with Gasteiger partial charge in [0.25, 0.3) is 0 Å². The zero-order valence-corrected chi connectivity index (χ0v) is 12.9. The van der Waals surface area contributed by atoms with Gasteiger partial charge >= 0.3 is 0 Å². The summed E-state index contributed by atoms with van der Waals surface area (Å²) in [5, 5.41) is 1.56. The Kier molecular flexibility index (Phi) is 3.92. The summed E-state index contributed by atoms with van der Waals surface area (Å²) in [4.78, 5) is 0. The third-order valence-electron chi connectivity index (χ3n) is 3.25. The van der Waals surface area contributed by atoms with Gasteiger partial charge in [0, 0.05) is 33.9 Å². The molecule has 0 aliphatic carbocycles. The Labute approximate surface area is 119 Å². The topological polar surface area (TPSA) is 39.1 Å². The second-order valence-electron chi connectivity index (χ2n) is 4.99. The molecule has 1 aromatic heterocycles. The van der Waals surface area contributed by atoms with Crippen molar-refractivity contribution < 1.29 is 8.42 Å².